The number of ether oxygens (including phenoxy) is 1. The molecule has 4 rings (SSSR count). The highest BCUT2D eigenvalue weighted by Crippen LogP contribution is 2.30. The molecule has 0 N–H and O–H groups in total. The topological polar surface area (TPSA) is 43.2 Å². The molecular formula is C19H25FN4O. The second kappa shape index (κ2) is 7.62. The monoisotopic (exact) mass is 344 g/mol. The fourth-order valence-electron chi connectivity index (χ4n) is 3.50. The maximum absolute atomic E-state index is 13.6. The number of nitrogens with zero attached hydrogens (tertiary/aromatic N) is 4. The maximum Gasteiger partial charge on any atom is 0.128 e. The maximum atomic E-state index is 13.6. The molecule has 1 aliphatic heterocycles. The Morgan fingerprint density at radius 1 is 1.12 bits per heavy atom. The Hall–Kier alpha value is -1.79. The standard InChI is InChI=1S/C19H25FN4O/c20-19-7-2-1-4-15(19)14-25-18-8-10-23(11-9-18)12-16-13-24(22-21-16)17-5-3-6-17/h1-2,4,7,13,17-18H,3,5-6,8-12,14H2. The predicted molar refractivity (Wildman–Crippen MR) is 92.4 cm³/mol. The van der Waals surface area contributed by atoms with Crippen LogP contribution in [0.2, 0.25) is 0 Å². The minimum atomic E-state index is -0.186. The van der Waals surface area contributed by atoms with E-state index in [4.69, 9.17) is 4.74 Å². The molecule has 6 heteroatoms. The van der Waals surface area contributed by atoms with Crippen LogP contribution in [0.25, 0.3) is 0 Å². The highest BCUT2D eigenvalue weighted by Gasteiger charge is 2.23. The fourth-order valence-corrected chi connectivity index (χ4v) is 3.50. The van der Waals surface area contributed by atoms with Gasteiger partial charge < -0.3 is 4.74 Å². The van der Waals surface area contributed by atoms with E-state index in [2.05, 4.69) is 21.4 Å². The minimum Gasteiger partial charge on any atom is -0.373 e. The van der Waals surface area contributed by atoms with Crippen LogP contribution in [0.1, 0.15) is 49.4 Å². The van der Waals surface area contributed by atoms with Crippen LogP contribution in [0.5, 0.6) is 0 Å². The second-order valence-corrected chi connectivity index (χ2v) is 7.15. The number of hydrogen-bond donors (Lipinski definition) is 0. The van der Waals surface area contributed by atoms with E-state index in [9.17, 15) is 4.39 Å². The normalized spacial score (nSPS) is 19.9. The van der Waals surface area contributed by atoms with Gasteiger partial charge in [-0.1, -0.05) is 23.4 Å². The second-order valence-electron chi connectivity index (χ2n) is 7.15. The number of hydrogen-bond acceptors (Lipinski definition) is 4. The van der Waals surface area contributed by atoms with E-state index >= 15 is 0 Å². The Labute approximate surface area is 147 Å². The van der Waals surface area contributed by atoms with Gasteiger partial charge in [0.05, 0.1) is 30.6 Å². The minimum absolute atomic E-state index is 0.186. The number of halogens is 1. The van der Waals surface area contributed by atoms with E-state index in [0.717, 1.165) is 38.2 Å². The van der Waals surface area contributed by atoms with Crippen LogP contribution in [0.3, 0.4) is 0 Å². The largest absolute Gasteiger partial charge is 0.373 e. The van der Waals surface area contributed by atoms with Gasteiger partial charge in [-0.2, -0.15) is 0 Å². The molecule has 2 aliphatic rings. The molecule has 2 aromatic rings. The molecule has 5 nitrogen and oxygen atoms in total. The van der Waals surface area contributed by atoms with Crippen molar-refractivity contribution in [1.29, 1.82) is 0 Å². The van der Waals surface area contributed by atoms with Crippen LogP contribution in [-0.2, 0) is 17.9 Å². The van der Waals surface area contributed by atoms with Crippen LogP contribution in [-0.4, -0.2) is 39.1 Å². The van der Waals surface area contributed by atoms with Crippen LogP contribution in [0.4, 0.5) is 4.39 Å². The number of likely N-dealkylation sites (tertiary alicyclic amines) is 1. The Morgan fingerprint density at radius 3 is 2.64 bits per heavy atom. The van der Waals surface area contributed by atoms with Gasteiger partial charge >= 0.3 is 0 Å². The van der Waals surface area contributed by atoms with Crippen molar-refractivity contribution in [2.75, 3.05) is 13.1 Å². The molecule has 1 aliphatic carbocycles. The number of aromatic nitrogens is 3. The van der Waals surface area contributed by atoms with Crippen molar-refractivity contribution in [1.82, 2.24) is 19.9 Å². The van der Waals surface area contributed by atoms with Crippen molar-refractivity contribution in [3.63, 3.8) is 0 Å². The van der Waals surface area contributed by atoms with Gasteiger partial charge in [-0.3, -0.25) is 4.90 Å². The highest BCUT2D eigenvalue weighted by molar-refractivity contribution is 5.16. The molecule has 0 amide bonds. The lowest BCUT2D eigenvalue weighted by atomic mass is 9.93. The molecule has 0 spiro atoms. The van der Waals surface area contributed by atoms with Gasteiger partial charge in [0.15, 0.2) is 0 Å². The molecule has 1 aromatic carbocycles. The molecule has 2 fully saturated rings. The summed E-state index contributed by atoms with van der Waals surface area (Å²) in [5.74, 6) is -0.186. The van der Waals surface area contributed by atoms with Gasteiger partial charge in [-0.15, -0.1) is 5.10 Å². The first-order valence-corrected chi connectivity index (χ1v) is 9.26. The average Bonchev–Trinajstić information content (AvgIpc) is 3.02. The zero-order valence-electron chi connectivity index (χ0n) is 14.5. The van der Waals surface area contributed by atoms with E-state index in [1.807, 2.05) is 10.7 Å². The van der Waals surface area contributed by atoms with Gasteiger partial charge in [-0.25, -0.2) is 9.07 Å². The molecular weight excluding hydrogens is 319 g/mol. The number of benzene rings is 1. The summed E-state index contributed by atoms with van der Waals surface area (Å²) in [4.78, 5) is 2.40. The van der Waals surface area contributed by atoms with Crippen LogP contribution in [0, 0.1) is 5.82 Å². The molecule has 134 valence electrons. The van der Waals surface area contributed by atoms with Gasteiger partial charge in [0, 0.05) is 25.2 Å². The van der Waals surface area contributed by atoms with Crippen molar-refractivity contribution >= 4 is 0 Å². The summed E-state index contributed by atoms with van der Waals surface area (Å²) in [5.41, 5.74) is 1.69. The predicted octanol–water partition coefficient (Wildman–Crippen LogP) is 3.32. The highest BCUT2D eigenvalue weighted by atomic mass is 19.1. The molecule has 1 saturated heterocycles. The van der Waals surface area contributed by atoms with Crippen molar-refractivity contribution in [2.24, 2.45) is 0 Å². The quantitative estimate of drug-likeness (QED) is 0.806. The zero-order valence-corrected chi connectivity index (χ0v) is 14.5. The number of piperidine rings is 1. The van der Waals surface area contributed by atoms with Crippen LogP contribution in [0.15, 0.2) is 30.5 Å². The molecule has 0 atom stereocenters. The molecule has 1 saturated carbocycles. The molecule has 25 heavy (non-hydrogen) atoms. The van der Waals surface area contributed by atoms with Crippen LogP contribution < -0.4 is 0 Å². The zero-order chi connectivity index (χ0) is 17.1. The molecule has 0 radical (unpaired) electrons. The SMILES string of the molecule is Fc1ccccc1COC1CCN(Cc2cn(C3CCC3)nn2)CC1. The van der Waals surface area contributed by atoms with Crippen molar-refractivity contribution in [3.8, 4) is 0 Å². The smallest absolute Gasteiger partial charge is 0.128 e. The lowest BCUT2D eigenvalue weighted by molar-refractivity contribution is -0.00514. The lowest BCUT2D eigenvalue weighted by Gasteiger charge is -2.31. The third-order valence-corrected chi connectivity index (χ3v) is 5.36. The number of rotatable bonds is 6. The van der Waals surface area contributed by atoms with Crippen LogP contribution >= 0.6 is 0 Å². The molecule has 0 unspecified atom stereocenters. The fraction of sp³-hybridized carbons (Fsp3) is 0.579. The summed E-state index contributed by atoms with van der Waals surface area (Å²) in [6, 6.07) is 7.40. The summed E-state index contributed by atoms with van der Waals surface area (Å²) < 4.78 is 21.6. The third-order valence-electron chi connectivity index (χ3n) is 5.36. The van der Waals surface area contributed by atoms with Gasteiger partial charge in [0.1, 0.15) is 5.82 Å². The summed E-state index contributed by atoms with van der Waals surface area (Å²) in [6.45, 7) is 3.18. The third kappa shape index (κ3) is 4.07. The van der Waals surface area contributed by atoms with Gasteiger partial charge in [-0.05, 0) is 38.2 Å². The lowest BCUT2D eigenvalue weighted by Crippen LogP contribution is -2.36. The summed E-state index contributed by atoms with van der Waals surface area (Å²) >= 11 is 0. The van der Waals surface area contributed by atoms with Crippen molar-refractivity contribution in [2.45, 2.75) is 57.4 Å². The van der Waals surface area contributed by atoms with Gasteiger partial charge in [0.2, 0.25) is 0 Å². The van der Waals surface area contributed by atoms with E-state index < -0.39 is 0 Å². The molecule has 2 heterocycles. The Balaban J connectivity index is 1.21. The van der Waals surface area contributed by atoms with E-state index in [1.165, 1.54) is 25.3 Å². The average molecular weight is 344 g/mol. The van der Waals surface area contributed by atoms with E-state index in [0.29, 0.717) is 18.2 Å². The molecule has 0 bridgehead atoms. The van der Waals surface area contributed by atoms with Crippen molar-refractivity contribution in [3.05, 3.63) is 47.5 Å². The van der Waals surface area contributed by atoms with E-state index in [-0.39, 0.29) is 11.9 Å². The first kappa shape index (κ1) is 16.7. The first-order chi connectivity index (χ1) is 12.3. The Bertz CT molecular complexity index is 692. The first-order valence-electron chi connectivity index (χ1n) is 9.26. The Kier molecular flexibility index (Phi) is 5.08. The summed E-state index contributed by atoms with van der Waals surface area (Å²) in [6.07, 6.45) is 8.03. The van der Waals surface area contributed by atoms with E-state index in [1.54, 1.807) is 12.1 Å². The Morgan fingerprint density at radius 2 is 1.92 bits per heavy atom. The van der Waals surface area contributed by atoms with Crippen molar-refractivity contribution < 1.29 is 9.13 Å². The summed E-state index contributed by atoms with van der Waals surface area (Å²) in [5, 5.41) is 8.59. The van der Waals surface area contributed by atoms with Gasteiger partial charge in [0.25, 0.3) is 0 Å². The molecule has 1 aromatic heterocycles. The summed E-state index contributed by atoms with van der Waals surface area (Å²) in [7, 11) is 0.